The number of piperidine rings is 1. The number of nitrogens with zero attached hydrogens (tertiary/aromatic N) is 1. The molecule has 1 fully saturated rings. The zero-order chi connectivity index (χ0) is 19.7. The topological polar surface area (TPSA) is 95.9 Å². The van der Waals surface area contributed by atoms with Gasteiger partial charge in [-0.1, -0.05) is 36.4 Å². The minimum Gasteiger partial charge on any atom is -0.480 e. The first-order valence-electron chi connectivity index (χ1n) is 9.38. The summed E-state index contributed by atoms with van der Waals surface area (Å²) in [5.41, 5.74) is 1.75. The Balaban J connectivity index is 1.54. The van der Waals surface area contributed by atoms with E-state index in [0.717, 1.165) is 21.9 Å². The van der Waals surface area contributed by atoms with Gasteiger partial charge in [-0.2, -0.15) is 0 Å². The van der Waals surface area contributed by atoms with Crippen LogP contribution in [0.25, 0.3) is 10.8 Å². The number of carbonyl (C=O) groups excluding carboxylic acids is 2. The van der Waals surface area contributed by atoms with E-state index in [4.69, 9.17) is 9.84 Å². The van der Waals surface area contributed by atoms with Gasteiger partial charge < -0.3 is 20.1 Å². The second kappa shape index (κ2) is 7.24. The van der Waals surface area contributed by atoms with Crippen LogP contribution in [0.1, 0.15) is 24.0 Å². The van der Waals surface area contributed by atoms with E-state index in [9.17, 15) is 14.4 Å². The summed E-state index contributed by atoms with van der Waals surface area (Å²) < 4.78 is 4.91. The van der Waals surface area contributed by atoms with Crippen molar-refractivity contribution in [3.05, 3.63) is 47.5 Å². The van der Waals surface area contributed by atoms with Gasteiger partial charge in [0.2, 0.25) is 11.8 Å². The molecule has 2 aliphatic heterocycles. The maximum Gasteiger partial charge on any atom is 0.329 e. The molecule has 0 radical (unpaired) electrons. The lowest BCUT2D eigenvalue weighted by Crippen LogP contribution is -2.57. The minimum atomic E-state index is -1.10. The van der Waals surface area contributed by atoms with Crippen molar-refractivity contribution in [2.24, 2.45) is 0 Å². The number of benzene rings is 2. The van der Waals surface area contributed by atoms with E-state index in [1.54, 1.807) is 4.90 Å². The Kier molecular flexibility index (Phi) is 4.77. The first-order valence-corrected chi connectivity index (χ1v) is 9.38. The van der Waals surface area contributed by atoms with E-state index in [-0.39, 0.29) is 18.4 Å². The fourth-order valence-electron chi connectivity index (χ4n) is 4.36. The van der Waals surface area contributed by atoms with Crippen LogP contribution in [0.2, 0.25) is 0 Å². The lowest BCUT2D eigenvalue weighted by molar-refractivity contribution is -0.146. The molecule has 0 aliphatic carbocycles. The third-order valence-corrected chi connectivity index (χ3v) is 5.69. The molecule has 1 spiro atoms. The van der Waals surface area contributed by atoms with Gasteiger partial charge in [-0.3, -0.25) is 9.59 Å². The molecule has 0 bridgehead atoms. The highest BCUT2D eigenvalue weighted by Gasteiger charge is 2.43. The van der Waals surface area contributed by atoms with Gasteiger partial charge in [-0.05, 0) is 34.7 Å². The monoisotopic (exact) mass is 382 g/mol. The zero-order valence-corrected chi connectivity index (χ0v) is 15.4. The van der Waals surface area contributed by atoms with E-state index in [2.05, 4.69) is 23.5 Å². The summed E-state index contributed by atoms with van der Waals surface area (Å²) >= 11 is 0. The summed E-state index contributed by atoms with van der Waals surface area (Å²) in [6.45, 7) is 0.247. The molecule has 2 amide bonds. The largest absolute Gasteiger partial charge is 0.480 e. The molecule has 0 atom stereocenters. The summed E-state index contributed by atoms with van der Waals surface area (Å²) in [4.78, 5) is 36.9. The van der Waals surface area contributed by atoms with Crippen molar-refractivity contribution in [2.75, 3.05) is 26.3 Å². The molecule has 28 heavy (non-hydrogen) atoms. The normalized spacial score (nSPS) is 18.0. The summed E-state index contributed by atoms with van der Waals surface area (Å²) in [7, 11) is 0. The molecular weight excluding hydrogens is 360 g/mol. The van der Waals surface area contributed by atoms with Gasteiger partial charge in [0.25, 0.3) is 0 Å². The third-order valence-electron chi connectivity index (χ3n) is 5.69. The second-order valence-electron chi connectivity index (χ2n) is 7.39. The van der Waals surface area contributed by atoms with Gasteiger partial charge in [0, 0.05) is 13.1 Å². The molecule has 2 aliphatic rings. The van der Waals surface area contributed by atoms with E-state index in [1.807, 2.05) is 18.2 Å². The SMILES string of the molecule is O=C(O)COCC(=O)N1CCC2(CC1)NC(=O)Cc1c2ccc2ccccc12. The Labute approximate surface area is 162 Å². The van der Waals surface area contributed by atoms with Crippen LogP contribution in [-0.4, -0.2) is 54.1 Å². The van der Waals surface area contributed by atoms with Gasteiger partial charge in [0.1, 0.15) is 13.2 Å². The van der Waals surface area contributed by atoms with Crippen LogP contribution in [0, 0.1) is 0 Å². The average Bonchev–Trinajstić information content (AvgIpc) is 2.68. The van der Waals surface area contributed by atoms with Gasteiger partial charge in [-0.25, -0.2) is 4.79 Å². The van der Waals surface area contributed by atoms with Crippen LogP contribution >= 0.6 is 0 Å². The molecule has 7 heteroatoms. The smallest absolute Gasteiger partial charge is 0.329 e. The predicted molar refractivity (Wildman–Crippen MR) is 102 cm³/mol. The van der Waals surface area contributed by atoms with Crippen molar-refractivity contribution in [1.29, 1.82) is 0 Å². The van der Waals surface area contributed by atoms with Crippen molar-refractivity contribution in [3.63, 3.8) is 0 Å². The van der Waals surface area contributed by atoms with Gasteiger partial charge >= 0.3 is 5.97 Å². The number of aliphatic carboxylic acids is 1. The van der Waals surface area contributed by atoms with E-state index < -0.39 is 18.1 Å². The first-order chi connectivity index (χ1) is 13.5. The van der Waals surface area contributed by atoms with Crippen LogP contribution < -0.4 is 5.32 Å². The molecular formula is C21H22N2O5. The summed E-state index contributed by atoms with van der Waals surface area (Å²) in [5.74, 6) is -1.32. The molecule has 146 valence electrons. The first kappa shape index (κ1) is 18.4. The molecule has 2 heterocycles. The summed E-state index contributed by atoms with van der Waals surface area (Å²) in [5, 5.41) is 14.0. The maximum absolute atomic E-state index is 12.5. The summed E-state index contributed by atoms with van der Waals surface area (Å²) in [6.07, 6.45) is 1.60. The van der Waals surface area contributed by atoms with Gasteiger partial charge in [0.15, 0.2) is 0 Å². The Bertz CT molecular complexity index is 947. The predicted octanol–water partition coefficient (Wildman–Crippen LogP) is 1.43. The zero-order valence-electron chi connectivity index (χ0n) is 15.4. The number of hydrogen-bond acceptors (Lipinski definition) is 4. The van der Waals surface area contributed by atoms with Gasteiger partial charge in [0.05, 0.1) is 12.0 Å². The van der Waals surface area contributed by atoms with Crippen molar-refractivity contribution in [3.8, 4) is 0 Å². The number of likely N-dealkylation sites (tertiary alicyclic amines) is 1. The molecule has 0 saturated carbocycles. The van der Waals surface area contributed by atoms with Crippen molar-refractivity contribution >= 4 is 28.6 Å². The number of fused-ring (bicyclic) bond motifs is 4. The fourth-order valence-corrected chi connectivity index (χ4v) is 4.36. The lowest BCUT2D eigenvalue weighted by Gasteiger charge is -2.46. The number of carbonyl (C=O) groups is 3. The molecule has 2 N–H and O–H groups in total. The average molecular weight is 382 g/mol. The van der Waals surface area contributed by atoms with Crippen LogP contribution in [0.4, 0.5) is 0 Å². The van der Waals surface area contributed by atoms with Crippen LogP contribution in [0.15, 0.2) is 36.4 Å². The maximum atomic E-state index is 12.5. The summed E-state index contributed by atoms with van der Waals surface area (Å²) in [6, 6.07) is 12.3. The Morgan fingerprint density at radius 1 is 1.11 bits per heavy atom. The fraction of sp³-hybridized carbons (Fsp3) is 0.381. The van der Waals surface area contributed by atoms with Crippen LogP contribution in [0.5, 0.6) is 0 Å². The van der Waals surface area contributed by atoms with Crippen molar-refractivity contribution in [1.82, 2.24) is 10.2 Å². The van der Waals surface area contributed by atoms with Crippen molar-refractivity contribution < 1.29 is 24.2 Å². The van der Waals surface area contributed by atoms with Crippen LogP contribution in [-0.2, 0) is 31.1 Å². The van der Waals surface area contributed by atoms with Crippen LogP contribution in [0.3, 0.4) is 0 Å². The molecule has 2 aromatic rings. The number of nitrogens with one attached hydrogen (secondary N) is 1. The number of carboxylic acids is 1. The van der Waals surface area contributed by atoms with E-state index in [0.29, 0.717) is 32.4 Å². The third kappa shape index (κ3) is 3.33. The molecule has 0 aromatic heterocycles. The van der Waals surface area contributed by atoms with Gasteiger partial charge in [-0.15, -0.1) is 0 Å². The Morgan fingerprint density at radius 3 is 2.61 bits per heavy atom. The highest BCUT2D eigenvalue weighted by molar-refractivity contribution is 5.93. The molecule has 0 unspecified atom stereocenters. The number of ether oxygens (including phenoxy) is 1. The standard InChI is InChI=1S/C21H22N2O5/c24-18-11-16-15-4-2-1-3-14(15)5-6-17(16)21(22-18)7-9-23(10-8-21)19(25)12-28-13-20(26)27/h1-6H,7-13H2,(H,22,24)(H,26,27). The Hall–Kier alpha value is -2.93. The molecule has 1 saturated heterocycles. The number of carboxylic acid groups (broad SMARTS) is 1. The van der Waals surface area contributed by atoms with E-state index in [1.165, 1.54) is 0 Å². The van der Waals surface area contributed by atoms with E-state index >= 15 is 0 Å². The number of hydrogen-bond donors (Lipinski definition) is 2. The van der Waals surface area contributed by atoms with Crippen molar-refractivity contribution in [2.45, 2.75) is 24.8 Å². The number of rotatable bonds is 4. The highest BCUT2D eigenvalue weighted by Crippen LogP contribution is 2.40. The lowest BCUT2D eigenvalue weighted by atomic mass is 9.74. The Morgan fingerprint density at radius 2 is 1.86 bits per heavy atom. The number of amides is 2. The highest BCUT2D eigenvalue weighted by atomic mass is 16.5. The molecule has 4 rings (SSSR count). The second-order valence-corrected chi connectivity index (χ2v) is 7.39. The minimum absolute atomic E-state index is 0.00780. The quantitative estimate of drug-likeness (QED) is 0.834. The molecule has 7 nitrogen and oxygen atoms in total. The molecule has 2 aromatic carbocycles.